The summed E-state index contributed by atoms with van der Waals surface area (Å²) in [5.74, 6) is 3.38. The van der Waals surface area contributed by atoms with E-state index in [1.165, 1.54) is 0 Å². The summed E-state index contributed by atoms with van der Waals surface area (Å²) in [4.78, 5) is 18.1. The molecular weight excluding hydrogens is 504 g/mol. The van der Waals surface area contributed by atoms with Crippen molar-refractivity contribution in [2.75, 3.05) is 60.2 Å². The molecule has 1 aliphatic heterocycles. The van der Waals surface area contributed by atoms with Crippen LogP contribution in [0.15, 0.2) is 65.6 Å². The number of nitrogens with zero attached hydrogens (tertiary/aromatic N) is 2. The largest absolute Gasteiger partial charge is 0.497 e. The maximum absolute atomic E-state index is 13.3. The van der Waals surface area contributed by atoms with Gasteiger partial charge in [-0.3, -0.25) is 9.69 Å². The Morgan fingerprint density at radius 3 is 2.37 bits per heavy atom. The van der Waals surface area contributed by atoms with Crippen molar-refractivity contribution in [2.45, 2.75) is 16.6 Å². The van der Waals surface area contributed by atoms with Gasteiger partial charge in [0.15, 0.2) is 11.5 Å². The van der Waals surface area contributed by atoms with Gasteiger partial charge in [0.2, 0.25) is 5.91 Å². The summed E-state index contributed by atoms with van der Waals surface area (Å²) in [7, 11) is 8.63. The van der Waals surface area contributed by atoms with Crippen molar-refractivity contribution in [1.82, 2.24) is 4.90 Å². The lowest BCUT2D eigenvalue weighted by Crippen LogP contribution is -2.33. The molecular formula is C29H34N2O6S. The predicted molar refractivity (Wildman–Crippen MR) is 149 cm³/mol. The van der Waals surface area contributed by atoms with E-state index in [9.17, 15) is 4.79 Å². The summed E-state index contributed by atoms with van der Waals surface area (Å²) in [6.45, 7) is 1.69. The highest BCUT2D eigenvalue weighted by atomic mass is 32.2. The molecule has 202 valence electrons. The first-order chi connectivity index (χ1) is 18.4. The number of thioether (sulfide) groups is 1. The average Bonchev–Trinajstić information content (AvgIpc) is 2.96. The minimum absolute atomic E-state index is 0.0128. The summed E-state index contributed by atoms with van der Waals surface area (Å²) in [5, 5.41) is -0.419. The fourth-order valence-electron chi connectivity index (χ4n) is 4.16. The normalized spacial score (nSPS) is 14.7. The molecule has 0 fully saturated rings. The third kappa shape index (κ3) is 6.28. The molecule has 4 rings (SSSR count). The number of amides is 1. The number of hydrogen-bond donors (Lipinski definition) is 0. The van der Waals surface area contributed by atoms with Crippen LogP contribution in [0, 0.1) is 0 Å². The quantitative estimate of drug-likeness (QED) is 0.229. The first-order valence-corrected chi connectivity index (χ1v) is 13.2. The van der Waals surface area contributed by atoms with Crippen LogP contribution >= 0.6 is 11.8 Å². The van der Waals surface area contributed by atoms with Gasteiger partial charge >= 0.3 is 0 Å². The van der Waals surface area contributed by atoms with Crippen LogP contribution in [0.1, 0.15) is 17.2 Å². The topological polar surface area (TPSA) is 69.7 Å². The van der Waals surface area contributed by atoms with Crippen molar-refractivity contribution in [1.29, 1.82) is 0 Å². The fourth-order valence-corrected chi connectivity index (χ4v) is 5.47. The Balaban J connectivity index is 1.35. The zero-order chi connectivity index (χ0) is 27.1. The molecule has 0 N–H and O–H groups in total. The van der Waals surface area contributed by atoms with Crippen LogP contribution in [-0.2, 0) is 4.79 Å². The van der Waals surface area contributed by atoms with Crippen LogP contribution in [-0.4, -0.2) is 66.1 Å². The third-order valence-electron chi connectivity index (χ3n) is 6.27. The van der Waals surface area contributed by atoms with E-state index < -0.39 is 5.25 Å². The monoisotopic (exact) mass is 538 g/mol. The molecule has 1 unspecified atom stereocenters. The summed E-state index contributed by atoms with van der Waals surface area (Å²) >= 11 is 1.54. The van der Waals surface area contributed by atoms with Gasteiger partial charge in [0.1, 0.15) is 29.2 Å². The van der Waals surface area contributed by atoms with Gasteiger partial charge in [-0.25, -0.2) is 0 Å². The molecule has 9 heteroatoms. The Bertz CT molecular complexity index is 1250. The van der Waals surface area contributed by atoms with E-state index >= 15 is 0 Å². The van der Waals surface area contributed by atoms with Gasteiger partial charge in [-0.2, -0.15) is 0 Å². The number of fused-ring (bicyclic) bond motifs is 1. The summed E-state index contributed by atoms with van der Waals surface area (Å²) < 4.78 is 28.1. The second-order valence-corrected chi connectivity index (χ2v) is 9.99. The maximum Gasteiger partial charge on any atom is 0.244 e. The lowest BCUT2D eigenvalue weighted by Gasteiger charge is -2.32. The smallest absolute Gasteiger partial charge is 0.244 e. The average molecular weight is 539 g/mol. The molecule has 1 aliphatic rings. The number of rotatable bonds is 12. The Morgan fingerprint density at radius 2 is 1.61 bits per heavy atom. The number of likely N-dealkylation sites (N-methyl/N-ethyl adjacent to an activating group) is 1. The Kier molecular flexibility index (Phi) is 9.25. The predicted octanol–water partition coefficient (Wildman–Crippen LogP) is 5.26. The molecule has 0 radical (unpaired) electrons. The Labute approximate surface area is 228 Å². The number of anilines is 1. The highest BCUT2D eigenvalue weighted by Crippen LogP contribution is 2.48. The molecule has 0 aliphatic carbocycles. The van der Waals surface area contributed by atoms with Gasteiger partial charge in [0.25, 0.3) is 0 Å². The van der Waals surface area contributed by atoms with Gasteiger partial charge in [-0.1, -0.05) is 12.1 Å². The lowest BCUT2D eigenvalue weighted by atomic mass is 10.1. The minimum Gasteiger partial charge on any atom is -0.497 e. The Morgan fingerprint density at radius 1 is 0.868 bits per heavy atom. The van der Waals surface area contributed by atoms with E-state index in [0.29, 0.717) is 42.1 Å². The number of carbonyl (C=O) groups excluding carboxylic acids is 1. The molecule has 3 aromatic rings. The number of para-hydroxylation sites is 1. The van der Waals surface area contributed by atoms with Crippen molar-refractivity contribution < 1.29 is 28.5 Å². The van der Waals surface area contributed by atoms with Crippen molar-refractivity contribution in [3.8, 4) is 28.7 Å². The number of benzene rings is 3. The SMILES string of the molecule is COc1ccc(OCCCN(C)COc2ccc(OC)c(OC)c2)c(C2Sc3ccccc3N(C)C2=O)c1. The molecule has 8 nitrogen and oxygen atoms in total. The van der Waals surface area contributed by atoms with Crippen LogP contribution < -0.4 is 28.6 Å². The van der Waals surface area contributed by atoms with E-state index in [1.807, 2.05) is 68.7 Å². The fraction of sp³-hybridized carbons (Fsp3) is 0.345. The maximum atomic E-state index is 13.3. The van der Waals surface area contributed by atoms with E-state index in [1.54, 1.807) is 44.1 Å². The molecule has 38 heavy (non-hydrogen) atoms. The second-order valence-electron chi connectivity index (χ2n) is 8.84. The van der Waals surface area contributed by atoms with Crippen molar-refractivity contribution in [3.63, 3.8) is 0 Å². The standard InChI is InChI=1S/C29H34N2O6S/c1-30(19-37-21-12-14-25(34-4)26(18-21)35-5)15-8-16-36-24-13-11-20(33-3)17-22(24)28-29(32)31(2)23-9-6-7-10-27(23)38-28/h6-7,9-14,17-18,28H,8,15-16,19H2,1-5H3. The second kappa shape index (κ2) is 12.8. The molecule has 0 saturated carbocycles. The van der Waals surface area contributed by atoms with Crippen LogP contribution in [0.5, 0.6) is 28.7 Å². The van der Waals surface area contributed by atoms with Gasteiger partial charge < -0.3 is 28.6 Å². The number of hydrogen-bond acceptors (Lipinski definition) is 8. The van der Waals surface area contributed by atoms with Gasteiger partial charge in [0.05, 0.1) is 33.6 Å². The van der Waals surface area contributed by atoms with Crippen molar-refractivity contribution in [2.24, 2.45) is 0 Å². The Hall–Kier alpha value is -3.56. The van der Waals surface area contributed by atoms with Crippen molar-refractivity contribution >= 4 is 23.4 Å². The summed E-state index contributed by atoms with van der Waals surface area (Å²) in [6.07, 6.45) is 0.783. The van der Waals surface area contributed by atoms with Gasteiger partial charge in [0, 0.05) is 30.1 Å². The van der Waals surface area contributed by atoms with E-state index in [-0.39, 0.29) is 5.91 Å². The molecule has 1 amide bonds. The zero-order valence-corrected chi connectivity index (χ0v) is 23.2. The van der Waals surface area contributed by atoms with E-state index in [4.69, 9.17) is 23.7 Å². The molecule has 0 saturated heterocycles. The minimum atomic E-state index is -0.419. The highest BCUT2D eigenvalue weighted by molar-refractivity contribution is 8.00. The third-order valence-corrected chi connectivity index (χ3v) is 7.56. The molecule has 3 aromatic carbocycles. The van der Waals surface area contributed by atoms with E-state index in [0.717, 1.165) is 29.1 Å². The summed E-state index contributed by atoms with van der Waals surface area (Å²) in [6, 6.07) is 19.0. The molecule has 0 aromatic heterocycles. The van der Waals surface area contributed by atoms with Crippen LogP contribution in [0.2, 0.25) is 0 Å². The van der Waals surface area contributed by atoms with Crippen LogP contribution in [0.4, 0.5) is 5.69 Å². The first-order valence-electron chi connectivity index (χ1n) is 12.3. The summed E-state index contributed by atoms with van der Waals surface area (Å²) in [5.41, 5.74) is 1.73. The number of carbonyl (C=O) groups is 1. The highest BCUT2D eigenvalue weighted by Gasteiger charge is 2.34. The lowest BCUT2D eigenvalue weighted by molar-refractivity contribution is -0.118. The zero-order valence-electron chi connectivity index (χ0n) is 22.4. The van der Waals surface area contributed by atoms with Crippen molar-refractivity contribution in [3.05, 3.63) is 66.2 Å². The van der Waals surface area contributed by atoms with Crippen LogP contribution in [0.3, 0.4) is 0 Å². The molecule has 1 heterocycles. The van der Waals surface area contributed by atoms with E-state index in [2.05, 4.69) is 4.90 Å². The van der Waals surface area contributed by atoms with Gasteiger partial charge in [-0.05, 0) is 55.9 Å². The van der Waals surface area contributed by atoms with Gasteiger partial charge in [-0.15, -0.1) is 11.8 Å². The number of methoxy groups -OCH3 is 3. The molecule has 1 atom stereocenters. The first kappa shape index (κ1) is 27.5. The van der Waals surface area contributed by atoms with Crippen LogP contribution in [0.25, 0.3) is 0 Å². The molecule has 0 spiro atoms. The molecule has 0 bridgehead atoms. The number of ether oxygens (including phenoxy) is 5.